The molecule has 0 bridgehead atoms. The third-order valence-electron chi connectivity index (χ3n) is 4.01. The van der Waals surface area contributed by atoms with Gasteiger partial charge in [-0.2, -0.15) is 10.2 Å². The molecule has 2 aromatic heterocycles. The number of rotatable bonds is 6. The molecular formula is C18H22N6O. The van der Waals surface area contributed by atoms with Crippen molar-refractivity contribution in [3.05, 3.63) is 59.9 Å². The van der Waals surface area contributed by atoms with Crippen LogP contribution >= 0.6 is 0 Å². The number of carbonyl (C=O) groups excluding carboxylic acids is 1. The Morgan fingerprint density at radius 2 is 2.00 bits per heavy atom. The summed E-state index contributed by atoms with van der Waals surface area (Å²) in [7, 11) is 0. The average molecular weight is 338 g/mol. The lowest BCUT2D eigenvalue weighted by molar-refractivity contribution is 0.0946. The predicted molar refractivity (Wildman–Crippen MR) is 94.6 cm³/mol. The first kappa shape index (κ1) is 16.9. The van der Waals surface area contributed by atoms with Crippen LogP contribution in [0, 0.1) is 19.8 Å². The van der Waals surface area contributed by atoms with Crippen LogP contribution in [0.4, 0.5) is 0 Å². The average Bonchev–Trinajstić information content (AvgIpc) is 3.23. The number of hydrogen-bond donors (Lipinski definition) is 1. The van der Waals surface area contributed by atoms with Gasteiger partial charge in [-0.05, 0) is 50.1 Å². The highest BCUT2D eigenvalue weighted by Crippen LogP contribution is 2.09. The molecule has 0 aliphatic heterocycles. The van der Waals surface area contributed by atoms with Gasteiger partial charge in [0.25, 0.3) is 5.91 Å². The van der Waals surface area contributed by atoms with Gasteiger partial charge in [0, 0.05) is 24.3 Å². The van der Waals surface area contributed by atoms with E-state index in [1.54, 1.807) is 23.1 Å². The Balaban J connectivity index is 1.54. The van der Waals surface area contributed by atoms with E-state index in [1.807, 2.05) is 30.7 Å². The van der Waals surface area contributed by atoms with Gasteiger partial charge in [0.05, 0.1) is 11.4 Å². The van der Waals surface area contributed by atoms with Crippen LogP contribution in [-0.2, 0) is 6.54 Å². The lowest BCUT2D eigenvalue weighted by atomic mass is 10.1. The van der Waals surface area contributed by atoms with Crippen molar-refractivity contribution in [1.82, 2.24) is 29.9 Å². The lowest BCUT2D eigenvalue weighted by Crippen LogP contribution is -2.30. The van der Waals surface area contributed by atoms with Crippen LogP contribution in [0.3, 0.4) is 0 Å². The maximum absolute atomic E-state index is 12.3. The Labute approximate surface area is 146 Å². The largest absolute Gasteiger partial charge is 0.352 e. The normalized spacial score (nSPS) is 12.1. The third kappa shape index (κ3) is 4.12. The predicted octanol–water partition coefficient (Wildman–Crippen LogP) is 2.15. The second-order valence-electron chi connectivity index (χ2n) is 6.31. The summed E-state index contributed by atoms with van der Waals surface area (Å²) >= 11 is 0. The molecule has 7 nitrogen and oxygen atoms in total. The molecule has 0 aliphatic carbocycles. The van der Waals surface area contributed by atoms with Crippen LogP contribution in [0.5, 0.6) is 0 Å². The van der Waals surface area contributed by atoms with E-state index in [0.717, 1.165) is 23.6 Å². The van der Waals surface area contributed by atoms with Gasteiger partial charge >= 0.3 is 0 Å². The molecule has 3 rings (SSSR count). The van der Waals surface area contributed by atoms with Crippen LogP contribution in [-0.4, -0.2) is 37.0 Å². The van der Waals surface area contributed by atoms with Crippen molar-refractivity contribution in [2.24, 2.45) is 5.92 Å². The first-order chi connectivity index (χ1) is 12.0. The molecule has 0 unspecified atom stereocenters. The quantitative estimate of drug-likeness (QED) is 0.747. The lowest BCUT2D eigenvalue weighted by Gasteiger charge is -2.14. The summed E-state index contributed by atoms with van der Waals surface area (Å²) in [5.41, 5.74) is 3.65. The van der Waals surface area contributed by atoms with Crippen molar-refractivity contribution < 1.29 is 4.79 Å². The SMILES string of the molecule is Cc1cc(C)n(C[C@@H](C)CNC(=O)c2ccc(-n3cncn3)cc2)n1. The molecule has 1 amide bonds. The van der Waals surface area contributed by atoms with Crippen molar-refractivity contribution in [3.63, 3.8) is 0 Å². The minimum atomic E-state index is -0.0784. The van der Waals surface area contributed by atoms with Crippen molar-refractivity contribution in [2.45, 2.75) is 27.3 Å². The number of hydrogen-bond acceptors (Lipinski definition) is 4. The molecule has 130 valence electrons. The number of aryl methyl sites for hydroxylation is 2. The smallest absolute Gasteiger partial charge is 0.251 e. The van der Waals surface area contributed by atoms with Gasteiger partial charge < -0.3 is 5.32 Å². The first-order valence-electron chi connectivity index (χ1n) is 8.27. The fourth-order valence-corrected chi connectivity index (χ4v) is 2.70. The molecule has 2 heterocycles. The Morgan fingerprint density at radius 3 is 2.60 bits per heavy atom. The van der Waals surface area contributed by atoms with Crippen molar-refractivity contribution >= 4 is 5.91 Å². The van der Waals surface area contributed by atoms with Gasteiger partial charge in [-0.3, -0.25) is 9.48 Å². The summed E-state index contributed by atoms with van der Waals surface area (Å²) < 4.78 is 3.64. The topological polar surface area (TPSA) is 77.6 Å². The van der Waals surface area contributed by atoms with Crippen molar-refractivity contribution in [1.29, 1.82) is 0 Å². The van der Waals surface area contributed by atoms with E-state index in [1.165, 1.54) is 6.33 Å². The fourth-order valence-electron chi connectivity index (χ4n) is 2.70. The van der Waals surface area contributed by atoms with Gasteiger partial charge in [0.1, 0.15) is 12.7 Å². The Morgan fingerprint density at radius 1 is 1.24 bits per heavy atom. The maximum Gasteiger partial charge on any atom is 0.251 e. The van der Waals surface area contributed by atoms with E-state index in [4.69, 9.17) is 0 Å². The summed E-state index contributed by atoms with van der Waals surface area (Å²) in [4.78, 5) is 16.2. The summed E-state index contributed by atoms with van der Waals surface area (Å²) in [6, 6.07) is 9.34. The van der Waals surface area contributed by atoms with Gasteiger partial charge in [-0.15, -0.1) is 0 Å². The van der Waals surface area contributed by atoms with Crippen molar-refractivity contribution in [2.75, 3.05) is 6.54 Å². The molecule has 25 heavy (non-hydrogen) atoms. The van der Waals surface area contributed by atoms with E-state index in [2.05, 4.69) is 33.5 Å². The zero-order valence-electron chi connectivity index (χ0n) is 14.7. The molecule has 3 aromatic rings. The first-order valence-corrected chi connectivity index (χ1v) is 8.27. The molecule has 0 spiro atoms. The molecule has 1 aromatic carbocycles. The highest BCUT2D eigenvalue weighted by atomic mass is 16.1. The number of nitrogens with one attached hydrogen (secondary N) is 1. The highest BCUT2D eigenvalue weighted by Gasteiger charge is 2.10. The molecule has 0 aliphatic rings. The molecule has 0 saturated heterocycles. The molecule has 1 atom stereocenters. The minimum Gasteiger partial charge on any atom is -0.352 e. The van der Waals surface area contributed by atoms with Crippen LogP contribution in [0.2, 0.25) is 0 Å². The number of carbonyl (C=O) groups is 1. The zero-order chi connectivity index (χ0) is 17.8. The second-order valence-corrected chi connectivity index (χ2v) is 6.31. The van der Waals surface area contributed by atoms with Crippen LogP contribution < -0.4 is 5.32 Å². The summed E-state index contributed by atoms with van der Waals surface area (Å²) in [5, 5.41) is 11.5. The monoisotopic (exact) mass is 338 g/mol. The van der Waals surface area contributed by atoms with E-state index in [9.17, 15) is 4.79 Å². The maximum atomic E-state index is 12.3. The van der Waals surface area contributed by atoms with E-state index in [-0.39, 0.29) is 11.8 Å². The molecule has 0 fully saturated rings. The summed E-state index contributed by atoms with van der Waals surface area (Å²) in [6.45, 7) is 7.51. The van der Waals surface area contributed by atoms with Gasteiger partial charge in [0.2, 0.25) is 0 Å². The fraction of sp³-hybridized carbons (Fsp3) is 0.333. The van der Waals surface area contributed by atoms with E-state index < -0.39 is 0 Å². The minimum absolute atomic E-state index is 0.0784. The summed E-state index contributed by atoms with van der Waals surface area (Å²) in [6.07, 6.45) is 3.10. The van der Waals surface area contributed by atoms with Crippen molar-refractivity contribution in [3.8, 4) is 5.69 Å². The Hall–Kier alpha value is -2.96. The molecule has 7 heteroatoms. The van der Waals surface area contributed by atoms with Crippen LogP contribution in [0.15, 0.2) is 43.0 Å². The van der Waals surface area contributed by atoms with Crippen LogP contribution in [0.1, 0.15) is 28.7 Å². The zero-order valence-corrected chi connectivity index (χ0v) is 14.7. The Kier molecular flexibility index (Phi) is 4.92. The molecule has 0 saturated carbocycles. The van der Waals surface area contributed by atoms with E-state index in [0.29, 0.717) is 12.1 Å². The van der Waals surface area contributed by atoms with Gasteiger partial charge in [-0.25, -0.2) is 9.67 Å². The molecule has 1 N–H and O–H groups in total. The van der Waals surface area contributed by atoms with Crippen LogP contribution in [0.25, 0.3) is 5.69 Å². The number of aromatic nitrogens is 5. The summed E-state index contributed by atoms with van der Waals surface area (Å²) in [5.74, 6) is 0.210. The third-order valence-corrected chi connectivity index (χ3v) is 4.01. The standard InChI is InChI=1S/C18H22N6O/c1-13(10-23-15(3)8-14(2)22-23)9-20-18(25)16-4-6-17(7-5-16)24-12-19-11-21-24/h4-8,11-13H,9-10H2,1-3H3,(H,20,25)/t13-/m0/s1. The molecule has 0 radical (unpaired) electrons. The van der Waals surface area contributed by atoms with Gasteiger partial charge in [0.15, 0.2) is 0 Å². The second kappa shape index (κ2) is 7.29. The number of amides is 1. The van der Waals surface area contributed by atoms with Gasteiger partial charge in [-0.1, -0.05) is 6.92 Å². The highest BCUT2D eigenvalue weighted by molar-refractivity contribution is 5.94. The number of benzene rings is 1. The number of nitrogens with zero attached hydrogens (tertiary/aromatic N) is 5. The van der Waals surface area contributed by atoms with E-state index >= 15 is 0 Å². The molecular weight excluding hydrogens is 316 g/mol. The Bertz CT molecular complexity index is 835.